The second-order valence-electron chi connectivity index (χ2n) is 4.60. The Morgan fingerprint density at radius 1 is 1.13 bits per heavy atom. The normalized spacial score (nSPS) is 16.1. The highest BCUT2D eigenvalue weighted by Crippen LogP contribution is 2.28. The van der Waals surface area contributed by atoms with Crippen LogP contribution in [0.15, 0.2) is 12.1 Å². The van der Waals surface area contributed by atoms with Crippen molar-refractivity contribution in [3.05, 3.63) is 28.8 Å². The number of hydrogen-bond acceptors (Lipinski definition) is 1. The van der Waals surface area contributed by atoms with Gasteiger partial charge >= 0.3 is 0 Å². The molecule has 82 valence electrons. The SMILES string of the molecule is CCc1cc(C)c(C)c(N2CCCC2)c1. The first-order chi connectivity index (χ1) is 7.22. The summed E-state index contributed by atoms with van der Waals surface area (Å²) < 4.78 is 0. The zero-order chi connectivity index (χ0) is 10.8. The molecule has 1 aliphatic rings. The number of benzene rings is 1. The standard InChI is InChI=1S/C14H21N/c1-4-13-9-11(2)12(3)14(10-13)15-7-5-6-8-15/h9-10H,4-8H2,1-3H3. The number of aryl methyl sites for hydroxylation is 2. The van der Waals surface area contributed by atoms with E-state index in [9.17, 15) is 0 Å². The van der Waals surface area contributed by atoms with E-state index in [1.807, 2.05) is 0 Å². The summed E-state index contributed by atoms with van der Waals surface area (Å²) in [4.78, 5) is 2.54. The minimum absolute atomic E-state index is 1.14. The first-order valence-corrected chi connectivity index (χ1v) is 6.07. The molecule has 2 rings (SSSR count). The number of nitrogens with zero attached hydrogens (tertiary/aromatic N) is 1. The molecule has 0 radical (unpaired) electrons. The van der Waals surface area contributed by atoms with E-state index >= 15 is 0 Å². The fourth-order valence-corrected chi connectivity index (χ4v) is 2.40. The fourth-order valence-electron chi connectivity index (χ4n) is 2.40. The van der Waals surface area contributed by atoms with E-state index in [0.717, 1.165) is 6.42 Å². The van der Waals surface area contributed by atoms with Crippen molar-refractivity contribution in [2.24, 2.45) is 0 Å². The van der Waals surface area contributed by atoms with Crippen LogP contribution >= 0.6 is 0 Å². The zero-order valence-electron chi connectivity index (χ0n) is 10.1. The lowest BCUT2D eigenvalue weighted by Crippen LogP contribution is -2.19. The van der Waals surface area contributed by atoms with Crippen LogP contribution in [0.4, 0.5) is 5.69 Å². The Labute approximate surface area is 93.1 Å². The Bertz CT molecular complexity index is 349. The van der Waals surface area contributed by atoms with Gasteiger partial charge in [-0.25, -0.2) is 0 Å². The highest BCUT2D eigenvalue weighted by Gasteiger charge is 2.15. The van der Waals surface area contributed by atoms with Gasteiger partial charge in [-0.2, -0.15) is 0 Å². The quantitative estimate of drug-likeness (QED) is 0.711. The molecule has 1 heteroatoms. The Morgan fingerprint density at radius 3 is 2.40 bits per heavy atom. The van der Waals surface area contributed by atoms with Crippen molar-refractivity contribution in [2.45, 2.75) is 40.0 Å². The lowest BCUT2D eigenvalue weighted by Gasteiger charge is -2.22. The van der Waals surface area contributed by atoms with Crippen LogP contribution in [0.3, 0.4) is 0 Å². The van der Waals surface area contributed by atoms with E-state index in [4.69, 9.17) is 0 Å². The van der Waals surface area contributed by atoms with Crippen molar-refractivity contribution in [1.82, 2.24) is 0 Å². The van der Waals surface area contributed by atoms with Gasteiger partial charge in [0.2, 0.25) is 0 Å². The van der Waals surface area contributed by atoms with E-state index in [2.05, 4.69) is 37.8 Å². The van der Waals surface area contributed by atoms with Gasteiger partial charge < -0.3 is 4.90 Å². The molecule has 0 bridgehead atoms. The molecule has 0 saturated carbocycles. The molecule has 0 unspecified atom stereocenters. The van der Waals surface area contributed by atoms with Crippen LogP contribution in [-0.4, -0.2) is 13.1 Å². The number of rotatable bonds is 2. The third-order valence-electron chi connectivity index (χ3n) is 3.55. The van der Waals surface area contributed by atoms with Crippen LogP contribution in [0.2, 0.25) is 0 Å². The Morgan fingerprint density at radius 2 is 1.80 bits per heavy atom. The molecular formula is C14H21N. The van der Waals surface area contributed by atoms with Crippen LogP contribution in [0, 0.1) is 13.8 Å². The van der Waals surface area contributed by atoms with Crippen molar-refractivity contribution in [3.63, 3.8) is 0 Å². The monoisotopic (exact) mass is 203 g/mol. The van der Waals surface area contributed by atoms with Gasteiger partial charge in [0.05, 0.1) is 0 Å². The van der Waals surface area contributed by atoms with Crippen molar-refractivity contribution >= 4 is 5.69 Å². The fraction of sp³-hybridized carbons (Fsp3) is 0.571. The molecule has 1 aromatic rings. The van der Waals surface area contributed by atoms with Gasteiger partial charge in [-0.3, -0.25) is 0 Å². The minimum atomic E-state index is 1.14. The topological polar surface area (TPSA) is 3.24 Å². The summed E-state index contributed by atoms with van der Waals surface area (Å²) in [6.07, 6.45) is 3.85. The van der Waals surface area contributed by atoms with E-state index in [0.29, 0.717) is 0 Å². The maximum atomic E-state index is 2.54. The average Bonchev–Trinajstić information content (AvgIpc) is 2.75. The second kappa shape index (κ2) is 4.26. The lowest BCUT2D eigenvalue weighted by molar-refractivity contribution is 0.949. The lowest BCUT2D eigenvalue weighted by atomic mass is 10.0. The Kier molecular flexibility index (Phi) is 2.99. The average molecular weight is 203 g/mol. The van der Waals surface area contributed by atoms with Gasteiger partial charge in [-0.05, 0) is 55.9 Å². The molecule has 0 aliphatic carbocycles. The molecule has 0 N–H and O–H groups in total. The van der Waals surface area contributed by atoms with Gasteiger partial charge in [-0.15, -0.1) is 0 Å². The van der Waals surface area contributed by atoms with E-state index in [1.54, 1.807) is 0 Å². The molecule has 1 aromatic carbocycles. The summed E-state index contributed by atoms with van der Waals surface area (Å²) in [5.74, 6) is 0. The van der Waals surface area contributed by atoms with Crippen LogP contribution in [-0.2, 0) is 6.42 Å². The molecule has 1 heterocycles. The summed E-state index contributed by atoms with van der Waals surface area (Å²) in [6, 6.07) is 4.71. The summed E-state index contributed by atoms with van der Waals surface area (Å²) in [5, 5.41) is 0. The summed E-state index contributed by atoms with van der Waals surface area (Å²) in [7, 11) is 0. The molecule has 0 spiro atoms. The molecule has 0 amide bonds. The molecule has 15 heavy (non-hydrogen) atoms. The highest BCUT2D eigenvalue weighted by atomic mass is 15.1. The van der Waals surface area contributed by atoms with Gasteiger partial charge in [0, 0.05) is 18.8 Å². The van der Waals surface area contributed by atoms with Gasteiger partial charge in [0.1, 0.15) is 0 Å². The van der Waals surface area contributed by atoms with Crippen LogP contribution in [0.1, 0.15) is 36.5 Å². The maximum Gasteiger partial charge on any atom is 0.0401 e. The van der Waals surface area contributed by atoms with Crippen LogP contribution < -0.4 is 4.90 Å². The number of anilines is 1. The van der Waals surface area contributed by atoms with E-state index in [1.165, 1.54) is 48.3 Å². The van der Waals surface area contributed by atoms with Crippen molar-refractivity contribution in [2.75, 3.05) is 18.0 Å². The molecule has 1 aliphatic heterocycles. The molecule has 0 aromatic heterocycles. The number of hydrogen-bond donors (Lipinski definition) is 0. The van der Waals surface area contributed by atoms with E-state index < -0.39 is 0 Å². The molecule has 1 saturated heterocycles. The van der Waals surface area contributed by atoms with Gasteiger partial charge in [0.25, 0.3) is 0 Å². The van der Waals surface area contributed by atoms with Crippen LogP contribution in [0.25, 0.3) is 0 Å². The molecular weight excluding hydrogens is 182 g/mol. The third kappa shape index (κ3) is 2.01. The predicted molar refractivity (Wildman–Crippen MR) is 66.7 cm³/mol. The Balaban J connectivity index is 2.39. The first-order valence-electron chi connectivity index (χ1n) is 6.07. The smallest absolute Gasteiger partial charge is 0.0401 e. The summed E-state index contributed by atoms with van der Waals surface area (Å²) >= 11 is 0. The van der Waals surface area contributed by atoms with Gasteiger partial charge in [-0.1, -0.05) is 13.0 Å². The van der Waals surface area contributed by atoms with Gasteiger partial charge in [0.15, 0.2) is 0 Å². The highest BCUT2D eigenvalue weighted by molar-refractivity contribution is 5.58. The van der Waals surface area contributed by atoms with Crippen LogP contribution in [0.5, 0.6) is 0 Å². The van der Waals surface area contributed by atoms with Crippen molar-refractivity contribution in [3.8, 4) is 0 Å². The Hall–Kier alpha value is -0.980. The minimum Gasteiger partial charge on any atom is -0.371 e. The van der Waals surface area contributed by atoms with E-state index in [-0.39, 0.29) is 0 Å². The van der Waals surface area contributed by atoms with Crippen molar-refractivity contribution in [1.29, 1.82) is 0 Å². The second-order valence-corrected chi connectivity index (χ2v) is 4.60. The predicted octanol–water partition coefficient (Wildman–Crippen LogP) is 3.47. The third-order valence-corrected chi connectivity index (χ3v) is 3.55. The summed E-state index contributed by atoms with van der Waals surface area (Å²) in [5.41, 5.74) is 5.86. The molecule has 1 nitrogen and oxygen atoms in total. The zero-order valence-corrected chi connectivity index (χ0v) is 10.1. The molecule has 0 atom stereocenters. The molecule has 1 fully saturated rings. The van der Waals surface area contributed by atoms with Crippen molar-refractivity contribution < 1.29 is 0 Å². The largest absolute Gasteiger partial charge is 0.371 e. The first kappa shape index (κ1) is 10.5. The summed E-state index contributed by atoms with van der Waals surface area (Å²) in [6.45, 7) is 9.20. The maximum absolute atomic E-state index is 2.54.